The number of furan rings is 1. The average Bonchev–Trinajstić information content (AvgIpc) is 3.88. The first-order valence-electron chi connectivity index (χ1n) is 20.8. The number of aromatic nitrogens is 1. The highest BCUT2D eigenvalue weighted by Crippen LogP contribution is 2.49. The van der Waals surface area contributed by atoms with Gasteiger partial charge in [0.05, 0.1) is 22.4 Å². The quantitative estimate of drug-likeness (QED) is 0.161. The molecule has 3 heteroatoms. The third-order valence-corrected chi connectivity index (χ3v) is 12.2. The van der Waals surface area contributed by atoms with Crippen molar-refractivity contribution in [1.82, 2.24) is 4.57 Å². The van der Waals surface area contributed by atoms with Crippen LogP contribution in [0.25, 0.3) is 93.6 Å². The van der Waals surface area contributed by atoms with Crippen LogP contribution < -0.4 is 4.90 Å². The van der Waals surface area contributed by atoms with E-state index >= 15 is 0 Å². The van der Waals surface area contributed by atoms with Gasteiger partial charge in [0.15, 0.2) is 0 Å². The number of para-hydroxylation sites is 3. The molecule has 0 radical (unpaired) electrons. The summed E-state index contributed by atoms with van der Waals surface area (Å²) in [7, 11) is 0. The predicted molar refractivity (Wildman–Crippen MR) is 257 cm³/mol. The molecule has 12 aromatic rings. The summed E-state index contributed by atoms with van der Waals surface area (Å²) in [4.78, 5) is 2.44. The molecule has 0 unspecified atom stereocenters. The molecule has 0 atom stereocenters. The van der Waals surface area contributed by atoms with Crippen LogP contribution in [0.15, 0.2) is 235 Å². The monoisotopic (exact) mass is 778 g/mol. The molecule has 3 nitrogen and oxygen atoms in total. The van der Waals surface area contributed by atoms with Crippen molar-refractivity contribution in [3.8, 4) is 39.1 Å². The molecule has 0 amide bonds. The molecule has 0 N–H and O–H groups in total. The van der Waals surface area contributed by atoms with E-state index in [9.17, 15) is 0 Å². The fourth-order valence-corrected chi connectivity index (χ4v) is 9.46. The molecular formula is C58H38N2O. The van der Waals surface area contributed by atoms with E-state index in [0.717, 1.165) is 66.8 Å². The van der Waals surface area contributed by atoms with E-state index < -0.39 is 0 Å². The van der Waals surface area contributed by atoms with E-state index in [1.807, 2.05) is 12.1 Å². The van der Waals surface area contributed by atoms with Crippen LogP contribution in [0.2, 0.25) is 0 Å². The summed E-state index contributed by atoms with van der Waals surface area (Å²) >= 11 is 0. The van der Waals surface area contributed by atoms with Crippen LogP contribution in [0, 0.1) is 0 Å². The summed E-state index contributed by atoms with van der Waals surface area (Å²) in [6.45, 7) is 0. The van der Waals surface area contributed by atoms with E-state index in [0.29, 0.717) is 0 Å². The van der Waals surface area contributed by atoms with E-state index in [2.05, 4.69) is 228 Å². The van der Waals surface area contributed by atoms with Crippen molar-refractivity contribution < 1.29 is 4.42 Å². The molecular weight excluding hydrogens is 741 g/mol. The fourth-order valence-electron chi connectivity index (χ4n) is 9.46. The number of fused-ring (bicyclic) bond motifs is 7. The first-order chi connectivity index (χ1) is 30.3. The molecule has 0 aliphatic carbocycles. The van der Waals surface area contributed by atoms with E-state index in [4.69, 9.17) is 4.42 Å². The standard InChI is InChI=1S/C58H38N2O/c1-4-17-39(18-5-1)41-31-33-44(40-19-6-2-7-20-40)55(37-41)60(43-32-34-49-48-25-13-15-30-56(48)61-57(49)38-43)53-36-35-46(45-23-10-11-24-47(45)53)50-27-16-29-54-58(50)51-26-12-14-28-52(51)59(54)42-21-8-3-9-22-42/h1-38H. The minimum absolute atomic E-state index is 0.853. The van der Waals surface area contributed by atoms with Gasteiger partial charge in [-0.3, -0.25) is 0 Å². The molecule has 0 aliphatic heterocycles. The van der Waals surface area contributed by atoms with Gasteiger partial charge < -0.3 is 13.9 Å². The van der Waals surface area contributed by atoms with Gasteiger partial charge in [-0.2, -0.15) is 0 Å². The van der Waals surface area contributed by atoms with Crippen LogP contribution >= 0.6 is 0 Å². The van der Waals surface area contributed by atoms with Crippen LogP contribution in [0.5, 0.6) is 0 Å². The summed E-state index contributed by atoms with van der Waals surface area (Å²) < 4.78 is 8.96. The topological polar surface area (TPSA) is 21.3 Å². The van der Waals surface area contributed by atoms with Crippen molar-refractivity contribution in [2.45, 2.75) is 0 Å². The van der Waals surface area contributed by atoms with Crippen LogP contribution in [0.3, 0.4) is 0 Å². The SMILES string of the molecule is c1ccc(-c2ccc(-c3ccccc3)c(N(c3ccc4c(c3)oc3ccccc34)c3ccc(-c4cccc5c4c4ccccc4n5-c4ccccc4)c4ccccc34)c2)cc1. The lowest BCUT2D eigenvalue weighted by Crippen LogP contribution is -2.12. The molecule has 0 saturated carbocycles. The minimum Gasteiger partial charge on any atom is -0.456 e. The second-order valence-electron chi connectivity index (χ2n) is 15.6. The van der Waals surface area contributed by atoms with Gasteiger partial charge in [-0.1, -0.05) is 170 Å². The third-order valence-electron chi connectivity index (χ3n) is 12.2. The molecule has 0 bridgehead atoms. The molecule has 0 aliphatic rings. The van der Waals surface area contributed by atoms with Crippen LogP contribution in [0.1, 0.15) is 0 Å². The molecule has 0 fully saturated rings. The number of hydrogen-bond donors (Lipinski definition) is 0. The lowest BCUT2D eigenvalue weighted by atomic mass is 9.92. The lowest BCUT2D eigenvalue weighted by Gasteiger charge is -2.30. The molecule has 2 aromatic heterocycles. The van der Waals surface area contributed by atoms with Crippen LogP contribution in [0.4, 0.5) is 17.1 Å². The van der Waals surface area contributed by atoms with Gasteiger partial charge in [0.25, 0.3) is 0 Å². The zero-order valence-electron chi connectivity index (χ0n) is 33.2. The van der Waals surface area contributed by atoms with Gasteiger partial charge in [-0.05, 0) is 87.8 Å². The third kappa shape index (κ3) is 5.74. The molecule has 12 rings (SSSR count). The highest BCUT2D eigenvalue weighted by atomic mass is 16.3. The van der Waals surface area contributed by atoms with Crippen molar-refractivity contribution in [2.24, 2.45) is 0 Å². The molecule has 61 heavy (non-hydrogen) atoms. The van der Waals surface area contributed by atoms with Gasteiger partial charge in [0.1, 0.15) is 11.2 Å². The zero-order chi connectivity index (χ0) is 40.3. The van der Waals surface area contributed by atoms with Crippen molar-refractivity contribution in [3.05, 3.63) is 231 Å². The molecule has 286 valence electrons. The zero-order valence-corrected chi connectivity index (χ0v) is 33.2. The number of hydrogen-bond acceptors (Lipinski definition) is 2. The summed E-state index contributed by atoms with van der Waals surface area (Å²) in [5.74, 6) is 0. The largest absolute Gasteiger partial charge is 0.456 e. The number of rotatable bonds is 7. The van der Waals surface area contributed by atoms with Crippen molar-refractivity contribution >= 4 is 71.6 Å². The Morgan fingerprint density at radius 2 is 0.951 bits per heavy atom. The summed E-state index contributed by atoms with van der Waals surface area (Å²) in [5.41, 5.74) is 15.4. The smallest absolute Gasteiger partial charge is 0.137 e. The Bertz CT molecular complexity index is 3580. The number of nitrogens with zero attached hydrogens (tertiary/aromatic N) is 2. The van der Waals surface area contributed by atoms with Gasteiger partial charge in [0.2, 0.25) is 0 Å². The first kappa shape index (κ1) is 34.9. The predicted octanol–water partition coefficient (Wildman–Crippen LogP) is 16.3. The van der Waals surface area contributed by atoms with Gasteiger partial charge >= 0.3 is 0 Å². The Balaban J connectivity index is 1.14. The maximum absolute atomic E-state index is 6.57. The van der Waals surface area contributed by atoms with E-state index in [1.165, 1.54) is 43.9 Å². The van der Waals surface area contributed by atoms with E-state index in [1.54, 1.807) is 0 Å². The highest BCUT2D eigenvalue weighted by molar-refractivity contribution is 6.19. The van der Waals surface area contributed by atoms with Gasteiger partial charge in [-0.15, -0.1) is 0 Å². The Morgan fingerprint density at radius 3 is 1.75 bits per heavy atom. The molecule has 0 saturated heterocycles. The van der Waals surface area contributed by atoms with Crippen molar-refractivity contribution in [2.75, 3.05) is 4.90 Å². The summed E-state index contributed by atoms with van der Waals surface area (Å²) in [6.07, 6.45) is 0. The maximum atomic E-state index is 6.57. The Morgan fingerprint density at radius 1 is 0.328 bits per heavy atom. The summed E-state index contributed by atoms with van der Waals surface area (Å²) in [6, 6.07) is 83.0. The highest BCUT2D eigenvalue weighted by Gasteiger charge is 2.24. The Labute approximate surface area is 353 Å². The normalized spacial score (nSPS) is 11.6. The average molecular weight is 779 g/mol. The van der Waals surface area contributed by atoms with Gasteiger partial charge in [-0.25, -0.2) is 0 Å². The fraction of sp³-hybridized carbons (Fsp3) is 0. The first-order valence-corrected chi connectivity index (χ1v) is 20.8. The minimum atomic E-state index is 0.853. The Hall–Kier alpha value is -8.14. The Kier molecular flexibility index (Phi) is 8.17. The number of anilines is 3. The van der Waals surface area contributed by atoms with E-state index in [-0.39, 0.29) is 0 Å². The number of benzene rings is 10. The molecule has 0 spiro atoms. The van der Waals surface area contributed by atoms with Crippen molar-refractivity contribution in [1.29, 1.82) is 0 Å². The maximum Gasteiger partial charge on any atom is 0.137 e. The van der Waals surface area contributed by atoms with Crippen LogP contribution in [-0.2, 0) is 0 Å². The molecule has 2 heterocycles. The second kappa shape index (κ2) is 14.3. The summed E-state index contributed by atoms with van der Waals surface area (Å²) in [5, 5.41) is 7.02. The molecule has 10 aromatic carbocycles. The second-order valence-corrected chi connectivity index (χ2v) is 15.6. The lowest BCUT2D eigenvalue weighted by molar-refractivity contribution is 0.669. The van der Waals surface area contributed by atoms with Crippen LogP contribution in [-0.4, -0.2) is 4.57 Å². The van der Waals surface area contributed by atoms with Crippen molar-refractivity contribution in [3.63, 3.8) is 0 Å². The van der Waals surface area contributed by atoms with Gasteiger partial charge in [0, 0.05) is 49.9 Å².